The maximum absolute atomic E-state index is 12.8. The monoisotopic (exact) mass is 282 g/mol. The van der Waals surface area contributed by atoms with Gasteiger partial charge in [0.15, 0.2) is 0 Å². The molecule has 2 rings (SSSR count). The fourth-order valence-corrected chi connectivity index (χ4v) is 1.62. The second-order valence-corrected chi connectivity index (χ2v) is 4.22. The number of phenols is 1. The summed E-state index contributed by atoms with van der Waals surface area (Å²) in [6.45, 7) is 0. The van der Waals surface area contributed by atoms with E-state index in [1.165, 1.54) is 42.5 Å². The Hall–Kier alpha value is -3.13. The molecule has 0 aliphatic carbocycles. The summed E-state index contributed by atoms with van der Waals surface area (Å²) in [4.78, 5) is 12.0. The van der Waals surface area contributed by atoms with Crippen LogP contribution in [-0.4, -0.2) is 11.0 Å². The molecule has 5 heteroatoms. The van der Waals surface area contributed by atoms with Crippen LogP contribution in [0.1, 0.15) is 5.56 Å². The molecule has 2 aromatic carbocycles. The van der Waals surface area contributed by atoms with Gasteiger partial charge in [0.2, 0.25) is 0 Å². The molecule has 104 valence electrons. The summed E-state index contributed by atoms with van der Waals surface area (Å²) in [6, 6.07) is 13.1. The van der Waals surface area contributed by atoms with Crippen molar-refractivity contribution in [3.8, 4) is 11.8 Å². The van der Waals surface area contributed by atoms with Crippen LogP contribution < -0.4 is 5.32 Å². The third kappa shape index (κ3) is 3.91. The molecular weight excluding hydrogens is 271 g/mol. The maximum atomic E-state index is 12.8. The average Bonchev–Trinajstić information content (AvgIpc) is 2.49. The lowest BCUT2D eigenvalue weighted by Gasteiger charge is -2.04. The number of anilines is 1. The lowest BCUT2D eigenvalue weighted by Crippen LogP contribution is -2.13. The van der Waals surface area contributed by atoms with Crippen LogP contribution in [-0.2, 0) is 4.79 Å². The number of hydrogen-bond donors (Lipinski definition) is 2. The molecule has 0 aliphatic heterocycles. The van der Waals surface area contributed by atoms with E-state index in [1.54, 1.807) is 12.1 Å². The number of amides is 1. The zero-order chi connectivity index (χ0) is 15.2. The van der Waals surface area contributed by atoms with Gasteiger partial charge in [-0.05, 0) is 48.0 Å². The van der Waals surface area contributed by atoms with Crippen LogP contribution in [0.3, 0.4) is 0 Å². The number of phenolic OH excluding ortho intramolecular Hbond substituents is 1. The lowest BCUT2D eigenvalue weighted by molar-refractivity contribution is -0.112. The van der Waals surface area contributed by atoms with Crippen molar-refractivity contribution < 1.29 is 14.3 Å². The first-order chi connectivity index (χ1) is 10.1. The third-order valence-corrected chi connectivity index (χ3v) is 2.67. The number of carbonyl (C=O) groups excluding carboxylic acids is 1. The van der Waals surface area contributed by atoms with Crippen LogP contribution in [0.4, 0.5) is 10.1 Å². The highest BCUT2D eigenvalue weighted by molar-refractivity contribution is 6.09. The average molecular weight is 282 g/mol. The van der Waals surface area contributed by atoms with Crippen molar-refractivity contribution in [1.82, 2.24) is 0 Å². The van der Waals surface area contributed by atoms with Crippen LogP contribution >= 0.6 is 0 Å². The van der Waals surface area contributed by atoms with Gasteiger partial charge in [-0.15, -0.1) is 0 Å². The Morgan fingerprint density at radius 1 is 1.14 bits per heavy atom. The Balaban J connectivity index is 2.17. The van der Waals surface area contributed by atoms with Gasteiger partial charge in [-0.3, -0.25) is 4.79 Å². The van der Waals surface area contributed by atoms with E-state index in [1.807, 2.05) is 6.07 Å². The first-order valence-corrected chi connectivity index (χ1v) is 6.06. The second-order valence-electron chi connectivity index (χ2n) is 4.22. The van der Waals surface area contributed by atoms with E-state index in [-0.39, 0.29) is 11.3 Å². The molecule has 0 heterocycles. The Labute approximate surface area is 120 Å². The number of carbonyl (C=O) groups is 1. The molecule has 0 aromatic heterocycles. The Morgan fingerprint density at radius 3 is 2.33 bits per heavy atom. The first kappa shape index (κ1) is 14.3. The molecule has 0 radical (unpaired) electrons. The molecular formula is C16H11FN2O2. The first-order valence-electron chi connectivity index (χ1n) is 6.06. The zero-order valence-electron chi connectivity index (χ0n) is 10.9. The molecule has 0 aliphatic rings. The Bertz CT molecular complexity index is 713. The van der Waals surface area contributed by atoms with E-state index in [9.17, 15) is 14.3 Å². The minimum absolute atomic E-state index is 0.0926. The summed E-state index contributed by atoms with van der Waals surface area (Å²) in [7, 11) is 0. The number of benzene rings is 2. The van der Waals surface area contributed by atoms with E-state index in [4.69, 9.17) is 5.26 Å². The summed E-state index contributed by atoms with van der Waals surface area (Å²) >= 11 is 0. The van der Waals surface area contributed by atoms with Crippen LogP contribution in [0, 0.1) is 17.1 Å². The highest BCUT2D eigenvalue weighted by Crippen LogP contribution is 2.14. The fourth-order valence-electron chi connectivity index (χ4n) is 1.62. The van der Waals surface area contributed by atoms with Crippen molar-refractivity contribution in [2.75, 3.05) is 5.32 Å². The molecule has 0 bridgehead atoms. The quantitative estimate of drug-likeness (QED) is 0.671. The summed E-state index contributed by atoms with van der Waals surface area (Å²) in [5, 5.41) is 20.7. The van der Waals surface area contributed by atoms with Crippen LogP contribution in [0.25, 0.3) is 6.08 Å². The SMILES string of the molecule is N#C/C(=C/c1ccc(O)cc1)C(=O)Nc1ccc(F)cc1. The van der Waals surface area contributed by atoms with Gasteiger partial charge in [0.25, 0.3) is 5.91 Å². The van der Waals surface area contributed by atoms with Crippen LogP contribution in [0.5, 0.6) is 5.75 Å². The predicted octanol–water partition coefficient (Wildman–Crippen LogP) is 3.08. The summed E-state index contributed by atoms with van der Waals surface area (Å²) in [6.07, 6.45) is 1.40. The molecule has 2 N–H and O–H groups in total. The van der Waals surface area contributed by atoms with Gasteiger partial charge >= 0.3 is 0 Å². The second kappa shape index (κ2) is 6.35. The molecule has 0 saturated carbocycles. The minimum atomic E-state index is -0.586. The molecule has 0 saturated heterocycles. The van der Waals surface area contributed by atoms with Gasteiger partial charge in [-0.25, -0.2) is 4.39 Å². The number of nitrogens with one attached hydrogen (secondary N) is 1. The van der Waals surface area contributed by atoms with Gasteiger partial charge in [0, 0.05) is 5.69 Å². The lowest BCUT2D eigenvalue weighted by atomic mass is 10.1. The molecule has 0 spiro atoms. The fraction of sp³-hybridized carbons (Fsp3) is 0. The Morgan fingerprint density at radius 2 is 1.76 bits per heavy atom. The molecule has 2 aromatic rings. The van der Waals surface area contributed by atoms with E-state index in [0.29, 0.717) is 11.3 Å². The van der Waals surface area contributed by atoms with Crippen molar-refractivity contribution in [2.24, 2.45) is 0 Å². The summed E-state index contributed by atoms with van der Waals surface area (Å²) in [5.74, 6) is -0.897. The number of hydrogen-bond acceptors (Lipinski definition) is 3. The van der Waals surface area contributed by atoms with Crippen molar-refractivity contribution in [3.05, 3.63) is 65.5 Å². The van der Waals surface area contributed by atoms with Gasteiger partial charge in [0.05, 0.1) is 0 Å². The summed E-state index contributed by atoms with van der Waals surface area (Å²) < 4.78 is 12.8. The van der Waals surface area contributed by atoms with E-state index < -0.39 is 11.7 Å². The molecule has 0 atom stereocenters. The van der Waals surface area contributed by atoms with Gasteiger partial charge in [-0.1, -0.05) is 12.1 Å². The normalized spacial score (nSPS) is 10.8. The van der Waals surface area contributed by atoms with Crippen molar-refractivity contribution in [3.63, 3.8) is 0 Å². The van der Waals surface area contributed by atoms with Crippen LogP contribution in [0.2, 0.25) is 0 Å². The smallest absolute Gasteiger partial charge is 0.266 e. The van der Waals surface area contributed by atoms with Gasteiger partial charge < -0.3 is 10.4 Å². The topological polar surface area (TPSA) is 73.1 Å². The highest BCUT2D eigenvalue weighted by atomic mass is 19.1. The molecule has 21 heavy (non-hydrogen) atoms. The van der Waals surface area contributed by atoms with Gasteiger partial charge in [-0.2, -0.15) is 5.26 Å². The van der Waals surface area contributed by atoms with E-state index in [2.05, 4.69) is 5.32 Å². The molecule has 0 unspecified atom stereocenters. The van der Waals surface area contributed by atoms with Crippen LogP contribution in [0.15, 0.2) is 54.1 Å². The number of rotatable bonds is 3. The van der Waals surface area contributed by atoms with E-state index >= 15 is 0 Å². The van der Waals surface area contributed by atoms with Crippen molar-refractivity contribution >= 4 is 17.7 Å². The van der Waals surface area contributed by atoms with Crippen molar-refractivity contribution in [1.29, 1.82) is 5.26 Å². The number of nitrogens with zero attached hydrogens (tertiary/aromatic N) is 1. The van der Waals surface area contributed by atoms with E-state index in [0.717, 1.165) is 0 Å². The maximum Gasteiger partial charge on any atom is 0.266 e. The number of halogens is 1. The largest absolute Gasteiger partial charge is 0.508 e. The highest BCUT2D eigenvalue weighted by Gasteiger charge is 2.09. The molecule has 1 amide bonds. The molecule has 0 fully saturated rings. The van der Waals surface area contributed by atoms with Crippen molar-refractivity contribution in [2.45, 2.75) is 0 Å². The van der Waals surface area contributed by atoms with Gasteiger partial charge in [0.1, 0.15) is 23.2 Å². The standard InChI is InChI=1S/C16H11FN2O2/c17-13-3-5-14(6-4-13)19-16(21)12(10-18)9-11-1-7-15(20)8-2-11/h1-9,20H,(H,19,21)/b12-9-. The number of aromatic hydroxyl groups is 1. The minimum Gasteiger partial charge on any atom is -0.508 e. The Kier molecular flexibility index (Phi) is 4.32. The summed E-state index contributed by atoms with van der Waals surface area (Å²) in [5.41, 5.74) is 0.914. The third-order valence-electron chi connectivity index (χ3n) is 2.67. The number of nitriles is 1. The molecule has 4 nitrogen and oxygen atoms in total. The zero-order valence-corrected chi connectivity index (χ0v) is 10.9. The predicted molar refractivity (Wildman–Crippen MR) is 76.7 cm³/mol.